The summed E-state index contributed by atoms with van der Waals surface area (Å²) in [5.74, 6) is -0.403. The molecule has 1 heterocycles. The number of rotatable bonds is 4. The van der Waals surface area contributed by atoms with Crippen molar-refractivity contribution in [2.75, 3.05) is 5.32 Å². The maximum Gasteiger partial charge on any atom is 0.361 e. The topological polar surface area (TPSA) is 42.2 Å². The molecule has 0 saturated heterocycles. The van der Waals surface area contributed by atoms with E-state index in [0.29, 0.717) is 20.9 Å². The Morgan fingerprint density at radius 2 is 1.70 bits per heavy atom. The lowest BCUT2D eigenvalue weighted by Crippen LogP contribution is -2.09. The van der Waals surface area contributed by atoms with Crippen LogP contribution in [0.2, 0.25) is 5.02 Å². The number of fused-ring (bicyclic) bond motifs is 1. The third kappa shape index (κ3) is 3.84. The van der Waals surface area contributed by atoms with E-state index in [1.54, 1.807) is 12.1 Å². The predicted molar refractivity (Wildman–Crippen MR) is 108 cm³/mol. The molecule has 0 amide bonds. The molecule has 0 aliphatic carbocycles. The van der Waals surface area contributed by atoms with E-state index in [2.05, 4.69) is 5.32 Å². The van der Waals surface area contributed by atoms with E-state index in [4.69, 9.17) is 16.0 Å². The Labute approximate surface area is 163 Å². The molecule has 0 aliphatic rings. The lowest BCUT2D eigenvalue weighted by atomic mass is 10.2. The molecule has 1 aromatic heterocycles. The predicted octanol–water partition coefficient (Wildman–Crippen LogP) is 6.48. The summed E-state index contributed by atoms with van der Waals surface area (Å²) in [7, 11) is 0. The van der Waals surface area contributed by atoms with Crippen LogP contribution in [-0.2, 0) is 0 Å². The third-order valence-corrected chi connectivity index (χ3v) is 5.28. The maximum atomic E-state index is 13.9. The zero-order chi connectivity index (χ0) is 18.8. The molecule has 0 bridgehead atoms. The van der Waals surface area contributed by atoms with Crippen molar-refractivity contribution in [3.63, 3.8) is 0 Å². The van der Waals surface area contributed by atoms with Crippen LogP contribution in [0.1, 0.15) is 0 Å². The number of benzene rings is 3. The molecule has 134 valence electrons. The second-order valence-corrected chi connectivity index (χ2v) is 7.30. The fourth-order valence-corrected chi connectivity index (χ4v) is 3.79. The first-order chi connectivity index (χ1) is 13.1. The summed E-state index contributed by atoms with van der Waals surface area (Å²) in [5, 5.41) is 4.25. The fourth-order valence-electron chi connectivity index (χ4n) is 2.65. The number of hydrogen-bond acceptors (Lipinski definition) is 4. The molecule has 0 aliphatic heterocycles. The van der Waals surface area contributed by atoms with Crippen LogP contribution in [0.25, 0.3) is 11.0 Å². The van der Waals surface area contributed by atoms with E-state index in [9.17, 15) is 9.18 Å². The highest BCUT2D eigenvalue weighted by atomic mass is 35.5. The number of hydrogen-bond donors (Lipinski definition) is 1. The minimum absolute atomic E-state index is 0.263. The largest absolute Gasteiger partial charge is 0.421 e. The maximum absolute atomic E-state index is 13.9. The number of halogens is 2. The minimum atomic E-state index is -0.519. The summed E-state index contributed by atoms with van der Waals surface area (Å²) >= 11 is 7.30. The Hall–Kier alpha value is -2.76. The van der Waals surface area contributed by atoms with Crippen LogP contribution < -0.4 is 10.9 Å². The van der Waals surface area contributed by atoms with Gasteiger partial charge in [-0.2, -0.15) is 0 Å². The molecule has 0 unspecified atom stereocenters. The highest BCUT2D eigenvalue weighted by Gasteiger charge is 2.17. The van der Waals surface area contributed by atoms with Crippen LogP contribution in [-0.4, -0.2) is 0 Å². The highest BCUT2D eigenvalue weighted by molar-refractivity contribution is 7.99. The minimum Gasteiger partial charge on any atom is -0.421 e. The molecule has 0 saturated carbocycles. The van der Waals surface area contributed by atoms with Crippen molar-refractivity contribution in [1.29, 1.82) is 0 Å². The van der Waals surface area contributed by atoms with E-state index in [1.807, 2.05) is 42.5 Å². The molecule has 1 N–H and O–H groups in total. The van der Waals surface area contributed by atoms with Crippen molar-refractivity contribution in [1.82, 2.24) is 0 Å². The van der Waals surface area contributed by atoms with Crippen LogP contribution in [0, 0.1) is 5.82 Å². The van der Waals surface area contributed by atoms with Crippen LogP contribution in [0.4, 0.5) is 15.8 Å². The second-order valence-electron chi connectivity index (χ2n) is 5.78. The van der Waals surface area contributed by atoms with Crippen molar-refractivity contribution >= 4 is 45.7 Å². The lowest BCUT2D eigenvalue weighted by Gasteiger charge is -2.13. The van der Waals surface area contributed by atoms with Gasteiger partial charge in [0.1, 0.15) is 17.1 Å². The van der Waals surface area contributed by atoms with Crippen molar-refractivity contribution in [2.24, 2.45) is 0 Å². The standard InChI is InChI=1S/C21H13ClFNO2S/c22-13-6-9-16(10-7-13)27-20-17-12-14(23)8-11-18(17)26-21(25)19(20)24-15-4-2-1-3-5-15/h1-12,24H. The van der Waals surface area contributed by atoms with E-state index in [0.717, 1.165) is 10.6 Å². The van der Waals surface area contributed by atoms with E-state index in [-0.39, 0.29) is 5.69 Å². The molecule has 0 radical (unpaired) electrons. The van der Waals surface area contributed by atoms with Gasteiger partial charge in [0.25, 0.3) is 0 Å². The van der Waals surface area contributed by atoms with Crippen molar-refractivity contribution in [2.45, 2.75) is 9.79 Å². The van der Waals surface area contributed by atoms with Gasteiger partial charge in [-0.3, -0.25) is 0 Å². The van der Waals surface area contributed by atoms with Gasteiger partial charge in [0.2, 0.25) is 0 Å². The average molecular weight is 398 g/mol. The molecule has 0 fully saturated rings. The average Bonchev–Trinajstić information content (AvgIpc) is 2.67. The zero-order valence-electron chi connectivity index (χ0n) is 13.9. The molecule has 0 atom stereocenters. The van der Waals surface area contributed by atoms with Crippen molar-refractivity contribution < 1.29 is 8.81 Å². The SMILES string of the molecule is O=c1oc2ccc(F)cc2c(Sc2ccc(Cl)cc2)c1Nc1ccccc1. The second kappa shape index (κ2) is 7.47. The first-order valence-corrected chi connectivity index (χ1v) is 9.31. The Balaban J connectivity index is 1.90. The smallest absolute Gasteiger partial charge is 0.361 e. The Morgan fingerprint density at radius 3 is 2.44 bits per heavy atom. The van der Waals surface area contributed by atoms with Gasteiger partial charge in [-0.25, -0.2) is 9.18 Å². The highest BCUT2D eigenvalue weighted by Crippen LogP contribution is 2.39. The van der Waals surface area contributed by atoms with Gasteiger partial charge in [0.05, 0.1) is 4.90 Å². The first-order valence-electron chi connectivity index (χ1n) is 8.12. The summed E-state index contributed by atoms with van der Waals surface area (Å²) in [6.07, 6.45) is 0. The Bertz CT molecular complexity index is 1160. The number of para-hydroxylation sites is 1. The third-order valence-electron chi connectivity index (χ3n) is 3.90. The first kappa shape index (κ1) is 17.6. The van der Waals surface area contributed by atoms with Crippen LogP contribution in [0.3, 0.4) is 0 Å². The van der Waals surface area contributed by atoms with Gasteiger partial charge in [-0.1, -0.05) is 41.6 Å². The van der Waals surface area contributed by atoms with E-state index in [1.165, 1.54) is 30.0 Å². The molecule has 6 heteroatoms. The molecule has 4 rings (SSSR count). The van der Waals surface area contributed by atoms with Crippen LogP contribution in [0.5, 0.6) is 0 Å². The van der Waals surface area contributed by atoms with Gasteiger partial charge in [0, 0.05) is 21.0 Å². The zero-order valence-corrected chi connectivity index (χ0v) is 15.5. The van der Waals surface area contributed by atoms with Crippen molar-refractivity contribution in [3.05, 3.63) is 94.1 Å². The van der Waals surface area contributed by atoms with E-state index >= 15 is 0 Å². The molecular weight excluding hydrogens is 385 g/mol. The van der Waals surface area contributed by atoms with Gasteiger partial charge >= 0.3 is 5.63 Å². The van der Waals surface area contributed by atoms with Crippen molar-refractivity contribution in [3.8, 4) is 0 Å². The molecular formula is C21H13ClFNO2S. The fraction of sp³-hybridized carbons (Fsp3) is 0. The van der Waals surface area contributed by atoms with E-state index < -0.39 is 11.4 Å². The summed E-state index contributed by atoms with van der Waals surface area (Å²) in [4.78, 5) is 14.1. The Kier molecular flexibility index (Phi) is 4.88. The van der Waals surface area contributed by atoms with Gasteiger partial charge in [0.15, 0.2) is 0 Å². The summed E-state index contributed by atoms with van der Waals surface area (Å²) in [6, 6.07) is 20.6. The molecule has 27 heavy (non-hydrogen) atoms. The summed E-state index contributed by atoms with van der Waals surface area (Å²) in [6.45, 7) is 0. The van der Waals surface area contributed by atoms with Crippen LogP contribution in [0.15, 0.2) is 91.8 Å². The summed E-state index contributed by atoms with van der Waals surface area (Å²) in [5.41, 5.74) is 0.809. The van der Waals surface area contributed by atoms with Gasteiger partial charge < -0.3 is 9.73 Å². The van der Waals surface area contributed by atoms with Crippen LogP contribution >= 0.6 is 23.4 Å². The van der Waals surface area contributed by atoms with Gasteiger partial charge in [-0.05, 0) is 54.6 Å². The molecule has 0 spiro atoms. The molecule has 4 aromatic rings. The molecule has 3 aromatic carbocycles. The lowest BCUT2D eigenvalue weighted by molar-refractivity contribution is 0.558. The molecule has 3 nitrogen and oxygen atoms in total. The summed E-state index contributed by atoms with van der Waals surface area (Å²) < 4.78 is 19.3. The number of nitrogens with one attached hydrogen (secondary N) is 1. The van der Waals surface area contributed by atoms with Gasteiger partial charge in [-0.15, -0.1) is 0 Å². The Morgan fingerprint density at radius 1 is 0.963 bits per heavy atom. The normalized spacial score (nSPS) is 10.9. The quantitative estimate of drug-likeness (QED) is 0.400. The monoisotopic (exact) mass is 397 g/mol. The number of anilines is 2.